The molecule has 0 saturated carbocycles. The maximum atomic E-state index is 12.5. The quantitative estimate of drug-likeness (QED) is 0.878. The molecule has 2 aliphatic heterocycles. The molecule has 0 bridgehead atoms. The molecule has 7 nitrogen and oxygen atoms in total. The molecule has 0 spiro atoms. The van der Waals surface area contributed by atoms with Gasteiger partial charge < -0.3 is 5.32 Å². The molecule has 0 aromatic heterocycles. The normalized spacial score (nSPS) is 22.6. The van der Waals surface area contributed by atoms with E-state index < -0.39 is 15.9 Å². The zero-order valence-corrected chi connectivity index (χ0v) is 15.1. The Labute approximate surface area is 147 Å². The van der Waals surface area contributed by atoms with Gasteiger partial charge in [0.15, 0.2) is 9.84 Å². The summed E-state index contributed by atoms with van der Waals surface area (Å²) in [5, 5.41) is 8.20. The molecule has 1 N–H and O–H groups in total. The van der Waals surface area contributed by atoms with Gasteiger partial charge in [0.05, 0.1) is 17.5 Å². The molecule has 0 radical (unpaired) electrons. The van der Waals surface area contributed by atoms with Crippen molar-refractivity contribution in [3.05, 3.63) is 29.3 Å². The van der Waals surface area contributed by atoms with Gasteiger partial charge in [0, 0.05) is 18.5 Å². The average molecular weight is 363 g/mol. The lowest BCUT2D eigenvalue weighted by Crippen LogP contribution is -2.42. The highest BCUT2D eigenvalue weighted by molar-refractivity contribution is 7.91. The predicted octanol–water partition coefficient (Wildman–Crippen LogP) is 1.41. The Morgan fingerprint density at radius 2 is 2.04 bits per heavy atom. The summed E-state index contributed by atoms with van der Waals surface area (Å²) in [7, 11) is -3.13. The molecule has 25 heavy (non-hydrogen) atoms. The predicted molar refractivity (Wildman–Crippen MR) is 95.1 cm³/mol. The van der Waals surface area contributed by atoms with Crippen LogP contribution in [0.4, 0.5) is 5.69 Å². The Morgan fingerprint density at radius 1 is 1.28 bits per heavy atom. The van der Waals surface area contributed by atoms with Crippen molar-refractivity contribution in [3.63, 3.8) is 0 Å². The Balaban J connectivity index is 1.77. The van der Waals surface area contributed by atoms with E-state index in [1.165, 1.54) is 5.01 Å². The molecular weight excluding hydrogens is 342 g/mol. The van der Waals surface area contributed by atoms with Gasteiger partial charge in [0.25, 0.3) is 5.91 Å². The minimum absolute atomic E-state index is 0.0566. The van der Waals surface area contributed by atoms with Gasteiger partial charge in [-0.15, -0.1) is 0 Å². The number of benzene rings is 1. The van der Waals surface area contributed by atoms with E-state index in [-0.39, 0.29) is 41.9 Å². The van der Waals surface area contributed by atoms with Crippen LogP contribution in [-0.4, -0.2) is 48.5 Å². The van der Waals surface area contributed by atoms with E-state index in [9.17, 15) is 18.0 Å². The van der Waals surface area contributed by atoms with E-state index in [0.29, 0.717) is 12.1 Å². The molecule has 1 atom stereocenters. The maximum Gasteiger partial charge on any atom is 0.271 e. The van der Waals surface area contributed by atoms with Crippen LogP contribution in [0, 0.1) is 13.8 Å². The molecule has 3 rings (SSSR count). The summed E-state index contributed by atoms with van der Waals surface area (Å²) in [5.74, 6) is -0.620. The van der Waals surface area contributed by atoms with E-state index >= 15 is 0 Å². The van der Waals surface area contributed by atoms with Crippen molar-refractivity contribution in [1.29, 1.82) is 0 Å². The zero-order valence-electron chi connectivity index (χ0n) is 14.3. The number of hydrazone groups is 1. The molecule has 2 amide bonds. The van der Waals surface area contributed by atoms with Gasteiger partial charge in [0.1, 0.15) is 5.71 Å². The molecule has 8 heteroatoms. The molecule has 134 valence electrons. The minimum atomic E-state index is -3.13. The maximum absolute atomic E-state index is 12.5. The van der Waals surface area contributed by atoms with E-state index in [4.69, 9.17) is 0 Å². The zero-order chi connectivity index (χ0) is 18.2. The van der Waals surface area contributed by atoms with Crippen LogP contribution < -0.4 is 5.32 Å². The summed E-state index contributed by atoms with van der Waals surface area (Å²) in [6.45, 7) is 3.88. The summed E-state index contributed by atoms with van der Waals surface area (Å²) in [6, 6.07) is 5.24. The minimum Gasteiger partial charge on any atom is -0.321 e. The van der Waals surface area contributed by atoms with E-state index in [2.05, 4.69) is 10.4 Å². The van der Waals surface area contributed by atoms with Gasteiger partial charge in [-0.25, -0.2) is 13.4 Å². The van der Waals surface area contributed by atoms with Crippen LogP contribution in [0.5, 0.6) is 0 Å². The van der Waals surface area contributed by atoms with Crippen LogP contribution in [0.25, 0.3) is 0 Å². The first-order valence-corrected chi connectivity index (χ1v) is 10.1. The van der Waals surface area contributed by atoms with Crippen molar-refractivity contribution in [3.8, 4) is 0 Å². The summed E-state index contributed by atoms with van der Waals surface area (Å²) >= 11 is 0. The number of nitrogens with one attached hydrogen (secondary N) is 1. The van der Waals surface area contributed by atoms with E-state index in [1.807, 2.05) is 32.0 Å². The lowest BCUT2D eigenvalue weighted by molar-refractivity contribution is -0.133. The number of carbonyl (C=O) groups is 2. The number of hydrogen-bond donors (Lipinski definition) is 1. The van der Waals surface area contributed by atoms with Crippen LogP contribution in [0.2, 0.25) is 0 Å². The monoisotopic (exact) mass is 363 g/mol. The number of hydrogen-bond acceptors (Lipinski definition) is 5. The van der Waals surface area contributed by atoms with Gasteiger partial charge in [-0.3, -0.25) is 9.59 Å². The first kappa shape index (κ1) is 17.6. The van der Waals surface area contributed by atoms with Gasteiger partial charge in [-0.1, -0.05) is 17.7 Å². The van der Waals surface area contributed by atoms with Crippen molar-refractivity contribution < 1.29 is 18.0 Å². The van der Waals surface area contributed by atoms with Gasteiger partial charge in [0.2, 0.25) is 5.91 Å². The van der Waals surface area contributed by atoms with E-state index in [1.54, 1.807) is 0 Å². The third-order valence-corrected chi connectivity index (χ3v) is 6.26. The highest BCUT2D eigenvalue weighted by Gasteiger charge is 2.37. The molecule has 2 heterocycles. The number of aryl methyl sites for hydroxylation is 2. The molecule has 2 aliphatic rings. The van der Waals surface area contributed by atoms with Gasteiger partial charge in [-0.05, 0) is 31.9 Å². The van der Waals surface area contributed by atoms with Crippen molar-refractivity contribution in [2.45, 2.75) is 39.2 Å². The van der Waals surface area contributed by atoms with Crippen LogP contribution in [-0.2, 0) is 19.4 Å². The van der Waals surface area contributed by atoms with Crippen molar-refractivity contribution in [2.24, 2.45) is 5.10 Å². The fourth-order valence-corrected chi connectivity index (χ4v) is 4.83. The standard InChI is InChI=1S/C17H21N3O4S/c1-11-3-4-14(12(2)9-11)18-17(22)15-5-6-16(21)20(19-15)13-7-8-25(23,24)10-13/h3-4,9,13H,5-8,10H2,1-2H3,(H,18,22)/t13-/m0/s1. The van der Waals surface area contributed by atoms with Crippen LogP contribution >= 0.6 is 0 Å². The SMILES string of the molecule is Cc1ccc(NC(=O)C2=NN([C@H]3CCS(=O)(=O)C3)C(=O)CC2)c(C)c1. The Kier molecular flexibility index (Phi) is 4.64. The lowest BCUT2D eigenvalue weighted by atomic mass is 10.1. The summed E-state index contributed by atoms with van der Waals surface area (Å²) in [4.78, 5) is 24.6. The van der Waals surface area contributed by atoms with Crippen molar-refractivity contribution >= 4 is 33.1 Å². The van der Waals surface area contributed by atoms with Crippen molar-refractivity contribution in [2.75, 3.05) is 16.8 Å². The molecule has 0 unspecified atom stereocenters. The largest absolute Gasteiger partial charge is 0.321 e. The van der Waals surface area contributed by atoms with Crippen LogP contribution in [0.1, 0.15) is 30.4 Å². The van der Waals surface area contributed by atoms with Crippen LogP contribution in [0.15, 0.2) is 23.3 Å². The fraction of sp³-hybridized carbons (Fsp3) is 0.471. The Hall–Kier alpha value is -2.22. The molecule has 1 saturated heterocycles. The second-order valence-electron chi connectivity index (χ2n) is 6.61. The smallest absolute Gasteiger partial charge is 0.271 e. The first-order chi connectivity index (χ1) is 11.7. The lowest BCUT2D eigenvalue weighted by Gasteiger charge is -2.27. The molecule has 1 aromatic rings. The molecule has 0 aliphatic carbocycles. The Bertz CT molecular complexity index is 861. The molecule has 1 aromatic carbocycles. The fourth-order valence-electron chi connectivity index (χ4n) is 3.14. The number of nitrogens with zero attached hydrogens (tertiary/aromatic N) is 2. The summed E-state index contributed by atoms with van der Waals surface area (Å²) in [5.41, 5.74) is 3.00. The second kappa shape index (κ2) is 6.59. The topological polar surface area (TPSA) is 95.9 Å². The first-order valence-electron chi connectivity index (χ1n) is 8.24. The van der Waals surface area contributed by atoms with Gasteiger partial charge >= 0.3 is 0 Å². The summed E-state index contributed by atoms with van der Waals surface area (Å²) < 4.78 is 23.3. The second-order valence-corrected chi connectivity index (χ2v) is 8.84. The van der Waals surface area contributed by atoms with Gasteiger partial charge in [-0.2, -0.15) is 5.10 Å². The van der Waals surface area contributed by atoms with Crippen LogP contribution in [0.3, 0.4) is 0 Å². The Morgan fingerprint density at radius 3 is 2.68 bits per heavy atom. The average Bonchev–Trinajstić information content (AvgIpc) is 2.90. The number of amides is 2. The van der Waals surface area contributed by atoms with E-state index in [0.717, 1.165) is 11.1 Å². The highest BCUT2D eigenvalue weighted by atomic mass is 32.2. The van der Waals surface area contributed by atoms with Crippen molar-refractivity contribution in [1.82, 2.24) is 5.01 Å². The summed E-state index contributed by atoms with van der Waals surface area (Å²) in [6.07, 6.45) is 0.783. The molecular formula is C17H21N3O4S. The third-order valence-electron chi connectivity index (χ3n) is 4.51. The molecule has 1 fully saturated rings. The number of sulfone groups is 1. The third kappa shape index (κ3) is 3.89. The highest BCUT2D eigenvalue weighted by Crippen LogP contribution is 2.23. The number of rotatable bonds is 3. The number of anilines is 1. The number of carbonyl (C=O) groups excluding carboxylic acids is 2.